The number of benzene rings is 1. The van der Waals surface area contributed by atoms with E-state index in [1.165, 1.54) is 5.56 Å². The van der Waals surface area contributed by atoms with Crippen molar-refractivity contribution in [1.29, 1.82) is 0 Å². The van der Waals surface area contributed by atoms with Gasteiger partial charge in [0.25, 0.3) is 0 Å². The van der Waals surface area contributed by atoms with Crippen LogP contribution in [0.3, 0.4) is 0 Å². The fourth-order valence-electron chi connectivity index (χ4n) is 4.93. The normalized spacial score (nSPS) is 19.9. The average Bonchev–Trinajstić information content (AvgIpc) is 3.30. The Labute approximate surface area is 205 Å². The van der Waals surface area contributed by atoms with Gasteiger partial charge in [-0.3, -0.25) is 4.79 Å². The number of hydrogen-bond donors (Lipinski definition) is 2. The summed E-state index contributed by atoms with van der Waals surface area (Å²) >= 11 is 0. The van der Waals surface area contributed by atoms with E-state index in [1.54, 1.807) is 6.08 Å². The van der Waals surface area contributed by atoms with Crippen LogP contribution in [0.1, 0.15) is 37.9 Å². The van der Waals surface area contributed by atoms with E-state index in [-0.39, 0.29) is 17.9 Å². The summed E-state index contributed by atoms with van der Waals surface area (Å²) in [5.41, 5.74) is 4.92. The molecule has 1 saturated heterocycles. The number of anilines is 2. The summed E-state index contributed by atoms with van der Waals surface area (Å²) in [6, 6.07) is 7.61. The molecule has 1 unspecified atom stereocenters. The van der Waals surface area contributed by atoms with E-state index < -0.39 is 0 Å². The molecule has 184 valence electrons. The standard InChI is InChI=1S/C26H32N6O3/c1-3-27-26(34)28-19-6-4-18(5-7-19)24-29-23-15-31(20-8-9-21(33)14-20)11-10-22(23)25(30-24)32-12-13-35-16-17(32)2/h4-7,14,17H,3,8-13,15-16H2,1-2H3,(H2,27,28,34). The smallest absolute Gasteiger partial charge is 0.319 e. The third-order valence-electron chi connectivity index (χ3n) is 6.78. The van der Waals surface area contributed by atoms with Crippen molar-refractivity contribution in [3.05, 3.63) is 47.3 Å². The Hall–Kier alpha value is -3.46. The summed E-state index contributed by atoms with van der Waals surface area (Å²) in [5.74, 6) is 1.86. The van der Waals surface area contributed by atoms with Crippen LogP contribution < -0.4 is 15.5 Å². The van der Waals surface area contributed by atoms with Crippen molar-refractivity contribution in [2.75, 3.05) is 43.1 Å². The van der Waals surface area contributed by atoms with Crippen molar-refractivity contribution < 1.29 is 14.3 Å². The van der Waals surface area contributed by atoms with Crippen molar-refractivity contribution in [2.24, 2.45) is 0 Å². The van der Waals surface area contributed by atoms with Crippen molar-refractivity contribution in [3.63, 3.8) is 0 Å². The number of ether oxygens (including phenoxy) is 1. The zero-order valence-electron chi connectivity index (χ0n) is 20.3. The van der Waals surface area contributed by atoms with Gasteiger partial charge in [-0.25, -0.2) is 14.8 Å². The Kier molecular flexibility index (Phi) is 6.68. The fourth-order valence-corrected chi connectivity index (χ4v) is 4.93. The van der Waals surface area contributed by atoms with Gasteiger partial charge in [-0.05, 0) is 51.0 Å². The number of nitrogens with zero attached hydrogens (tertiary/aromatic N) is 4. The molecule has 1 aliphatic carbocycles. The molecule has 2 aliphatic heterocycles. The first kappa shape index (κ1) is 23.3. The molecule has 2 N–H and O–H groups in total. The lowest BCUT2D eigenvalue weighted by molar-refractivity contribution is -0.114. The van der Waals surface area contributed by atoms with Gasteiger partial charge < -0.3 is 25.2 Å². The molecule has 0 spiro atoms. The fraction of sp³-hybridized carbons (Fsp3) is 0.462. The first-order valence-electron chi connectivity index (χ1n) is 12.4. The summed E-state index contributed by atoms with van der Waals surface area (Å²) < 4.78 is 5.68. The van der Waals surface area contributed by atoms with E-state index in [9.17, 15) is 9.59 Å². The highest BCUT2D eigenvalue weighted by Crippen LogP contribution is 2.34. The van der Waals surface area contributed by atoms with Crippen LogP contribution in [0.2, 0.25) is 0 Å². The summed E-state index contributed by atoms with van der Waals surface area (Å²) in [6.07, 6.45) is 4.04. The largest absolute Gasteiger partial charge is 0.377 e. The zero-order chi connectivity index (χ0) is 24.4. The molecule has 3 heterocycles. The van der Waals surface area contributed by atoms with E-state index in [4.69, 9.17) is 14.7 Å². The number of amides is 2. The van der Waals surface area contributed by atoms with Gasteiger partial charge in [-0.15, -0.1) is 0 Å². The quantitative estimate of drug-likeness (QED) is 0.684. The Morgan fingerprint density at radius 3 is 2.69 bits per heavy atom. The Morgan fingerprint density at radius 2 is 1.97 bits per heavy atom. The average molecular weight is 477 g/mol. The van der Waals surface area contributed by atoms with Crippen LogP contribution in [0.25, 0.3) is 11.4 Å². The second-order valence-electron chi connectivity index (χ2n) is 9.25. The van der Waals surface area contributed by atoms with E-state index >= 15 is 0 Å². The van der Waals surface area contributed by atoms with Crippen LogP contribution in [-0.2, 0) is 22.5 Å². The van der Waals surface area contributed by atoms with Crippen LogP contribution >= 0.6 is 0 Å². The van der Waals surface area contributed by atoms with Gasteiger partial charge in [0.15, 0.2) is 11.6 Å². The minimum absolute atomic E-state index is 0.207. The Morgan fingerprint density at radius 1 is 1.14 bits per heavy atom. The van der Waals surface area contributed by atoms with Gasteiger partial charge in [-0.1, -0.05) is 0 Å². The van der Waals surface area contributed by atoms with Crippen molar-refractivity contribution >= 4 is 23.3 Å². The summed E-state index contributed by atoms with van der Waals surface area (Å²) in [4.78, 5) is 38.4. The molecule has 2 amide bonds. The monoisotopic (exact) mass is 476 g/mol. The maximum absolute atomic E-state index is 11.8. The molecule has 2 aromatic rings. The van der Waals surface area contributed by atoms with Gasteiger partial charge in [0.05, 0.1) is 31.5 Å². The summed E-state index contributed by atoms with van der Waals surface area (Å²) in [5, 5.41) is 5.56. The number of nitrogens with one attached hydrogen (secondary N) is 2. The minimum Gasteiger partial charge on any atom is -0.377 e. The predicted octanol–water partition coefficient (Wildman–Crippen LogP) is 3.12. The van der Waals surface area contributed by atoms with Crippen molar-refractivity contribution in [3.8, 4) is 11.4 Å². The van der Waals surface area contributed by atoms with Gasteiger partial charge in [0, 0.05) is 54.6 Å². The van der Waals surface area contributed by atoms with Crippen LogP contribution in [0.5, 0.6) is 0 Å². The number of carbonyl (C=O) groups excluding carboxylic acids is 2. The molecule has 3 aliphatic rings. The number of allylic oxidation sites excluding steroid dienone is 2. The zero-order valence-corrected chi connectivity index (χ0v) is 20.3. The van der Waals surface area contributed by atoms with Gasteiger partial charge in [0.2, 0.25) is 0 Å². The molecule has 5 rings (SSSR count). The molecule has 0 radical (unpaired) electrons. The third kappa shape index (κ3) is 5.00. The van der Waals surface area contributed by atoms with Gasteiger partial charge in [0.1, 0.15) is 5.82 Å². The molecule has 1 aromatic heterocycles. The van der Waals surface area contributed by atoms with Crippen LogP contribution in [0.4, 0.5) is 16.3 Å². The molecule has 0 saturated carbocycles. The Balaban J connectivity index is 1.48. The van der Waals surface area contributed by atoms with Crippen LogP contribution in [-0.4, -0.2) is 65.6 Å². The number of hydrogen-bond acceptors (Lipinski definition) is 7. The van der Waals surface area contributed by atoms with Crippen LogP contribution in [0, 0.1) is 0 Å². The molecule has 35 heavy (non-hydrogen) atoms. The number of urea groups is 1. The highest BCUT2D eigenvalue weighted by atomic mass is 16.5. The maximum atomic E-state index is 11.8. The molecule has 1 aromatic carbocycles. The molecule has 1 fully saturated rings. The van der Waals surface area contributed by atoms with Gasteiger partial charge >= 0.3 is 6.03 Å². The molecule has 9 nitrogen and oxygen atoms in total. The molecular weight excluding hydrogens is 444 g/mol. The number of carbonyl (C=O) groups is 2. The van der Waals surface area contributed by atoms with Crippen LogP contribution in [0.15, 0.2) is 36.0 Å². The lowest BCUT2D eigenvalue weighted by atomic mass is 10.0. The van der Waals surface area contributed by atoms with Crippen molar-refractivity contribution in [2.45, 2.75) is 45.7 Å². The molecule has 0 bridgehead atoms. The first-order valence-corrected chi connectivity index (χ1v) is 12.4. The van der Waals surface area contributed by atoms with E-state index in [2.05, 4.69) is 27.4 Å². The number of ketones is 1. The highest BCUT2D eigenvalue weighted by Gasteiger charge is 2.30. The SMILES string of the molecule is CCNC(=O)Nc1ccc(-c2nc3c(c(N4CCOCC4C)n2)CCN(C2=CC(=O)CC2)C3)cc1. The molecule has 1 atom stereocenters. The minimum atomic E-state index is -0.228. The van der Waals surface area contributed by atoms with Crippen molar-refractivity contribution in [1.82, 2.24) is 20.2 Å². The highest BCUT2D eigenvalue weighted by molar-refractivity contribution is 5.92. The number of morpholine rings is 1. The topological polar surface area (TPSA) is 99.7 Å². The second kappa shape index (κ2) is 10.0. The summed E-state index contributed by atoms with van der Waals surface area (Å²) in [6.45, 7) is 8.30. The third-order valence-corrected chi connectivity index (χ3v) is 6.78. The first-order chi connectivity index (χ1) is 17.0. The lowest BCUT2D eigenvalue weighted by Crippen LogP contribution is -2.45. The maximum Gasteiger partial charge on any atom is 0.319 e. The molecule has 9 heteroatoms. The second-order valence-corrected chi connectivity index (χ2v) is 9.25. The predicted molar refractivity (Wildman–Crippen MR) is 134 cm³/mol. The molecular formula is C26H32N6O3. The number of fused-ring (bicyclic) bond motifs is 1. The van der Waals surface area contributed by atoms with E-state index in [1.807, 2.05) is 31.2 Å². The Bertz CT molecular complexity index is 1150. The van der Waals surface area contributed by atoms with E-state index in [0.29, 0.717) is 44.2 Å². The van der Waals surface area contributed by atoms with Gasteiger partial charge in [-0.2, -0.15) is 0 Å². The summed E-state index contributed by atoms with van der Waals surface area (Å²) in [7, 11) is 0. The lowest BCUT2D eigenvalue weighted by Gasteiger charge is -2.38. The number of aromatic nitrogens is 2. The van der Waals surface area contributed by atoms with E-state index in [0.717, 1.165) is 48.7 Å². The number of rotatable bonds is 5.